The minimum atomic E-state index is -0.572. The summed E-state index contributed by atoms with van der Waals surface area (Å²) in [6, 6.07) is 13.2. The minimum Gasteiger partial charge on any atom is -0.452 e. The Morgan fingerprint density at radius 2 is 0.939 bits per heavy atom. The molecule has 0 aromatic heterocycles. The second-order valence-electron chi connectivity index (χ2n) is 10.1. The van der Waals surface area contributed by atoms with Crippen LogP contribution in [-0.2, 0) is 0 Å². The van der Waals surface area contributed by atoms with Crippen LogP contribution in [0.4, 0.5) is 0 Å². The molecule has 33 heavy (non-hydrogen) atoms. The van der Waals surface area contributed by atoms with E-state index in [9.17, 15) is 0 Å². The van der Waals surface area contributed by atoms with Gasteiger partial charge in [-0.15, -0.1) is 0 Å². The van der Waals surface area contributed by atoms with E-state index >= 15 is 0 Å². The lowest BCUT2D eigenvalue weighted by Crippen LogP contribution is -2.42. The Kier molecular flexibility index (Phi) is 10.2. The quantitative estimate of drug-likeness (QED) is 0.267. The monoisotopic (exact) mass is 450 g/mol. The van der Waals surface area contributed by atoms with Crippen LogP contribution in [0.15, 0.2) is 36.4 Å². The van der Waals surface area contributed by atoms with Crippen LogP contribution < -0.4 is 9.47 Å². The molecule has 0 saturated carbocycles. The molecule has 0 saturated heterocycles. The number of ether oxygens (including phenoxy) is 2. The van der Waals surface area contributed by atoms with Gasteiger partial charge in [-0.2, -0.15) is 0 Å². The molecule has 2 heteroatoms. The molecule has 0 unspecified atom stereocenters. The van der Waals surface area contributed by atoms with Gasteiger partial charge in [0.25, 0.3) is 5.79 Å². The fourth-order valence-corrected chi connectivity index (χ4v) is 4.97. The van der Waals surface area contributed by atoms with Gasteiger partial charge in [0.1, 0.15) is 11.5 Å². The van der Waals surface area contributed by atoms with Crippen molar-refractivity contribution >= 4 is 0 Å². The van der Waals surface area contributed by atoms with Crippen LogP contribution in [0.25, 0.3) is 11.1 Å². The molecule has 182 valence electrons. The Morgan fingerprint density at radius 3 is 1.36 bits per heavy atom. The summed E-state index contributed by atoms with van der Waals surface area (Å²) in [7, 11) is 0. The molecule has 2 aromatic rings. The van der Waals surface area contributed by atoms with E-state index in [2.05, 4.69) is 64.1 Å². The van der Waals surface area contributed by atoms with Gasteiger partial charge in [-0.05, 0) is 49.9 Å². The van der Waals surface area contributed by atoms with Crippen LogP contribution in [-0.4, -0.2) is 5.79 Å². The van der Waals surface area contributed by atoms with Crippen LogP contribution >= 0.6 is 0 Å². The molecular weight excluding hydrogens is 404 g/mol. The van der Waals surface area contributed by atoms with Crippen LogP contribution in [0, 0.1) is 13.8 Å². The Balaban J connectivity index is 1.83. The van der Waals surface area contributed by atoms with Gasteiger partial charge in [0.15, 0.2) is 0 Å². The highest BCUT2D eigenvalue weighted by Gasteiger charge is 2.38. The minimum absolute atomic E-state index is 0.572. The molecule has 0 fully saturated rings. The van der Waals surface area contributed by atoms with Crippen molar-refractivity contribution in [2.75, 3.05) is 0 Å². The molecule has 1 aliphatic rings. The van der Waals surface area contributed by atoms with E-state index in [-0.39, 0.29) is 0 Å². The van der Waals surface area contributed by atoms with Crippen molar-refractivity contribution in [2.45, 2.75) is 123 Å². The van der Waals surface area contributed by atoms with E-state index in [1.54, 1.807) is 0 Å². The molecule has 2 aromatic carbocycles. The topological polar surface area (TPSA) is 18.5 Å². The average Bonchev–Trinajstić information content (AvgIpc) is 2.92. The molecule has 0 atom stereocenters. The summed E-state index contributed by atoms with van der Waals surface area (Å²) in [6.45, 7) is 8.85. The van der Waals surface area contributed by atoms with E-state index < -0.39 is 5.79 Å². The van der Waals surface area contributed by atoms with Crippen molar-refractivity contribution in [1.82, 2.24) is 0 Å². The summed E-state index contributed by atoms with van der Waals surface area (Å²) < 4.78 is 13.8. The predicted octanol–water partition coefficient (Wildman–Crippen LogP) is 9.94. The van der Waals surface area contributed by atoms with Crippen LogP contribution in [0.1, 0.15) is 115 Å². The molecular formula is C31H46O2. The lowest BCUT2D eigenvalue weighted by atomic mass is 9.98. The molecule has 1 heterocycles. The average molecular weight is 451 g/mol. The number of rotatable bonds is 14. The normalized spacial score (nSPS) is 14.1. The Hall–Kier alpha value is -1.96. The number of hydrogen-bond acceptors (Lipinski definition) is 2. The number of unbranched alkanes of at least 4 members (excludes halogenated alkanes) is 10. The second-order valence-corrected chi connectivity index (χ2v) is 10.1. The van der Waals surface area contributed by atoms with E-state index in [0.717, 1.165) is 48.3 Å². The molecule has 0 bridgehead atoms. The Labute approximate surface area is 203 Å². The van der Waals surface area contributed by atoms with Crippen molar-refractivity contribution in [1.29, 1.82) is 0 Å². The number of hydrogen-bond donors (Lipinski definition) is 0. The SMILES string of the molecule is CCCCCCCCC1(CCCCCCCC)Oc2cc(C)ccc2-c2ccc(C)cc2O1. The van der Waals surface area contributed by atoms with Gasteiger partial charge in [0.05, 0.1) is 0 Å². The molecule has 0 amide bonds. The first-order valence-electron chi connectivity index (χ1n) is 13.7. The number of benzene rings is 2. The summed E-state index contributed by atoms with van der Waals surface area (Å²) in [5.74, 6) is 1.39. The largest absolute Gasteiger partial charge is 0.452 e. The van der Waals surface area contributed by atoms with Gasteiger partial charge >= 0.3 is 0 Å². The third-order valence-electron chi connectivity index (χ3n) is 6.98. The lowest BCUT2D eigenvalue weighted by Gasteiger charge is -2.34. The van der Waals surface area contributed by atoms with Crippen molar-refractivity contribution < 1.29 is 9.47 Å². The zero-order valence-electron chi connectivity index (χ0n) is 21.7. The van der Waals surface area contributed by atoms with Gasteiger partial charge < -0.3 is 9.47 Å². The molecule has 2 nitrogen and oxygen atoms in total. The molecule has 0 radical (unpaired) electrons. The summed E-state index contributed by atoms with van der Waals surface area (Å²) in [5, 5.41) is 0. The predicted molar refractivity (Wildman–Crippen MR) is 141 cm³/mol. The summed E-state index contributed by atoms with van der Waals surface area (Å²) in [5.41, 5.74) is 4.78. The van der Waals surface area contributed by atoms with E-state index in [0.29, 0.717) is 0 Å². The Morgan fingerprint density at radius 1 is 0.545 bits per heavy atom. The maximum atomic E-state index is 6.88. The third-order valence-corrected chi connectivity index (χ3v) is 6.98. The van der Waals surface area contributed by atoms with Crippen LogP contribution in [0.2, 0.25) is 0 Å². The fourth-order valence-electron chi connectivity index (χ4n) is 4.97. The van der Waals surface area contributed by atoms with Crippen LogP contribution in [0.3, 0.4) is 0 Å². The first kappa shape index (κ1) is 25.7. The van der Waals surface area contributed by atoms with Crippen molar-refractivity contribution in [2.24, 2.45) is 0 Å². The zero-order valence-corrected chi connectivity index (χ0v) is 21.7. The van der Waals surface area contributed by atoms with Gasteiger partial charge in [-0.3, -0.25) is 0 Å². The first-order valence-corrected chi connectivity index (χ1v) is 13.7. The molecule has 0 spiro atoms. The standard InChI is InChI=1S/C31H46O2/c1-5-7-9-11-13-15-21-31(22-16-14-12-10-8-6-2)32-29-23-25(3)17-19-27(29)28-20-18-26(4)24-30(28)33-31/h17-20,23-24H,5-16,21-22H2,1-4H3. The van der Waals surface area contributed by atoms with Crippen molar-refractivity contribution in [3.05, 3.63) is 47.5 Å². The van der Waals surface area contributed by atoms with Gasteiger partial charge in [0, 0.05) is 24.0 Å². The smallest absolute Gasteiger partial charge is 0.251 e. The van der Waals surface area contributed by atoms with Gasteiger partial charge in [-0.25, -0.2) is 0 Å². The Bertz CT molecular complexity index is 782. The second kappa shape index (κ2) is 13.1. The number of fused-ring (bicyclic) bond motifs is 3. The summed E-state index contributed by atoms with van der Waals surface area (Å²) in [4.78, 5) is 0. The van der Waals surface area contributed by atoms with Gasteiger partial charge in [0.2, 0.25) is 0 Å². The molecule has 0 aliphatic carbocycles. The highest BCUT2D eigenvalue weighted by molar-refractivity contribution is 5.77. The van der Waals surface area contributed by atoms with E-state index in [1.807, 2.05) is 0 Å². The van der Waals surface area contributed by atoms with E-state index in [1.165, 1.54) is 75.3 Å². The van der Waals surface area contributed by atoms with Crippen LogP contribution in [0.5, 0.6) is 11.5 Å². The van der Waals surface area contributed by atoms with E-state index in [4.69, 9.17) is 9.47 Å². The summed E-state index contributed by atoms with van der Waals surface area (Å²) >= 11 is 0. The van der Waals surface area contributed by atoms with Gasteiger partial charge in [-0.1, -0.05) is 102 Å². The first-order chi connectivity index (χ1) is 16.1. The molecule has 3 rings (SSSR count). The maximum Gasteiger partial charge on any atom is 0.251 e. The van der Waals surface area contributed by atoms with Crippen molar-refractivity contribution in [3.8, 4) is 22.6 Å². The molecule has 1 aliphatic heterocycles. The zero-order chi connectivity index (χ0) is 23.5. The molecule has 0 N–H and O–H groups in total. The summed E-state index contributed by atoms with van der Waals surface area (Å²) in [6.07, 6.45) is 17.3. The fraction of sp³-hybridized carbons (Fsp3) is 0.613. The highest BCUT2D eigenvalue weighted by atomic mass is 16.7. The maximum absolute atomic E-state index is 6.88. The third kappa shape index (κ3) is 7.52. The lowest BCUT2D eigenvalue weighted by molar-refractivity contribution is -0.125. The van der Waals surface area contributed by atoms with Crippen molar-refractivity contribution in [3.63, 3.8) is 0 Å². The highest BCUT2D eigenvalue weighted by Crippen LogP contribution is 2.45. The number of aryl methyl sites for hydroxylation is 2.